The fraction of sp³-hybridized carbons (Fsp3) is 0.333. The molecule has 0 spiro atoms. The molecule has 0 saturated heterocycles. The molecule has 0 aliphatic carbocycles. The lowest BCUT2D eigenvalue weighted by atomic mass is 10.2. The van der Waals surface area contributed by atoms with Crippen molar-refractivity contribution >= 4 is 23.4 Å². The van der Waals surface area contributed by atoms with Crippen LogP contribution in [0.4, 0.5) is 0 Å². The van der Waals surface area contributed by atoms with Gasteiger partial charge in [0, 0.05) is 23.9 Å². The summed E-state index contributed by atoms with van der Waals surface area (Å²) in [6.45, 7) is 5.97. The second-order valence-electron chi connectivity index (χ2n) is 4.09. The van der Waals surface area contributed by atoms with Crippen LogP contribution in [-0.2, 0) is 0 Å². The zero-order valence-electron chi connectivity index (χ0n) is 10.4. The Hall–Kier alpha value is -1.20. The van der Waals surface area contributed by atoms with Crippen molar-refractivity contribution in [2.75, 3.05) is 0 Å². The highest BCUT2D eigenvalue weighted by Crippen LogP contribution is 2.29. The number of halogens is 1. The largest absolute Gasteiger partial charge is 0.231 e. The van der Waals surface area contributed by atoms with Crippen molar-refractivity contribution in [2.45, 2.75) is 36.9 Å². The number of hydrogen-bond donors (Lipinski definition) is 0. The molecule has 0 amide bonds. The summed E-state index contributed by atoms with van der Waals surface area (Å²) in [5, 5.41) is 1.96. The van der Waals surface area contributed by atoms with Gasteiger partial charge < -0.3 is 0 Å². The Kier molecular flexibility index (Phi) is 4.14. The fourth-order valence-electron chi connectivity index (χ4n) is 1.27. The highest BCUT2D eigenvalue weighted by Gasteiger charge is 2.13. The molecule has 18 heavy (non-hydrogen) atoms. The maximum absolute atomic E-state index is 6.12. The van der Waals surface area contributed by atoms with Gasteiger partial charge in [-0.2, -0.15) is 0 Å². The Bertz CT molecular complexity index is 545. The SMILES string of the molecule is Cc1c(Cl)nc(C(C)C)nc1Sc1ncccn1. The molecule has 0 N–H and O–H groups in total. The molecule has 0 atom stereocenters. The predicted molar refractivity (Wildman–Crippen MR) is 72.0 cm³/mol. The van der Waals surface area contributed by atoms with Gasteiger partial charge in [-0.1, -0.05) is 25.4 Å². The number of aromatic nitrogens is 4. The van der Waals surface area contributed by atoms with Crippen LogP contribution in [0.25, 0.3) is 0 Å². The van der Waals surface area contributed by atoms with E-state index in [4.69, 9.17) is 11.6 Å². The van der Waals surface area contributed by atoms with Gasteiger partial charge in [0.15, 0.2) is 5.16 Å². The van der Waals surface area contributed by atoms with Gasteiger partial charge in [-0.3, -0.25) is 0 Å². The third-order valence-electron chi connectivity index (χ3n) is 2.31. The standard InChI is InChI=1S/C12H13ClN4S/c1-7(2)10-16-9(13)8(3)11(17-10)18-12-14-5-4-6-15-12/h4-7H,1-3H3. The molecule has 4 nitrogen and oxygen atoms in total. The van der Waals surface area contributed by atoms with E-state index in [9.17, 15) is 0 Å². The van der Waals surface area contributed by atoms with E-state index in [0.717, 1.165) is 16.4 Å². The maximum Gasteiger partial charge on any atom is 0.193 e. The minimum absolute atomic E-state index is 0.235. The zero-order chi connectivity index (χ0) is 13.1. The van der Waals surface area contributed by atoms with E-state index in [1.165, 1.54) is 11.8 Å². The van der Waals surface area contributed by atoms with Crippen molar-refractivity contribution in [3.05, 3.63) is 35.0 Å². The molecule has 2 aromatic heterocycles. The third-order valence-corrected chi connectivity index (χ3v) is 3.66. The summed E-state index contributed by atoms with van der Waals surface area (Å²) >= 11 is 7.53. The highest BCUT2D eigenvalue weighted by molar-refractivity contribution is 7.99. The minimum Gasteiger partial charge on any atom is -0.231 e. The second-order valence-corrected chi connectivity index (χ2v) is 5.40. The first kappa shape index (κ1) is 13.2. The summed E-state index contributed by atoms with van der Waals surface area (Å²) < 4.78 is 0. The molecule has 2 rings (SSSR count). The molecular formula is C12H13ClN4S. The number of rotatable bonds is 3. The van der Waals surface area contributed by atoms with Crippen molar-refractivity contribution in [2.24, 2.45) is 0 Å². The molecule has 0 saturated carbocycles. The second kappa shape index (κ2) is 5.63. The predicted octanol–water partition coefficient (Wildman–Crippen LogP) is 3.50. The lowest BCUT2D eigenvalue weighted by Crippen LogP contribution is -2.02. The van der Waals surface area contributed by atoms with E-state index in [-0.39, 0.29) is 5.92 Å². The molecule has 0 unspecified atom stereocenters. The molecule has 0 aromatic carbocycles. The molecule has 2 heterocycles. The van der Waals surface area contributed by atoms with Crippen molar-refractivity contribution in [3.8, 4) is 0 Å². The minimum atomic E-state index is 0.235. The van der Waals surface area contributed by atoms with Crippen LogP contribution >= 0.6 is 23.4 Å². The molecule has 0 aliphatic rings. The first-order chi connectivity index (χ1) is 8.58. The van der Waals surface area contributed by atoms with Crippen LogP contribution in [0.15, 0.2) is 28.6 Å². The van der Waals surface area contributed by atoms with Gasteiger partial charge in [0.1, 0.15) is 16.0 Å². The quantitative estimate of drug-likeness (QED) is 0.636. The first-order valence-electron chi connectivity index (χ1n) is 5.57. The van der Waals surface area contributed by atoms with Crippen LogP contribution in [0.1, 0.15) is 31.2 Å². The summed E-state index contributed by atoms with van der Waals surface area (Å²) in [6.07, 6.45) is 3.41. The molecule has 0 aliphatic heterocycles. The van der Waals surface area contributed by atoms with Crippen LogP contribution < -0.4 is 0 Å². The van der Waals surface area contributed by atoms with E-state index in [1.54, 1.807) is 18.5 Å². The van der Waals surface area contributed by atoms with E-state index in [1.807, 2.05) is 20.8 Å². The summed E-state index contributed by atoms with van der Waals surface area (Å²) in [5.41, 5.74) is 0.860. The van der Waals surface area contributed by atoms with Crippen molar-refractivity contribution in [1.29, 1.82) is 0 Å². The lowest BCUT2D eigenvalue weighted by Gasteiger charge is -2.09. The van der Waals surface area contributed by atoms with Crippen LogP contribution in [0, 0.1) is 6.92 Å². The number of hydrogen-bond acceptors (Lipinski definition) is 5. The van der Waals surface area contributed by atoms with Crippen LogP contribution in [0.3, 0.4) is 0 Å². The van der Waals surface area contributed by atoms with Crippen molar-refractivity contribution in [3.63, 3.8) is 0 Å². The Morgan fingerprint density at radius 1 is 1.17 bits per heavy atom. The van der Waals surface area contributed by atoms with Crippen molar-refractivity contribution < 1.29 is 0 Å². The van der Waals surface area contributed by atoms with Crippen molar-refractivity contribution in [1.82, 2.24) is 19.9 Å². The molecule has 2 aromatic rings. The highest BCUT2D eigenvalue weighted by atomic mass is 35.5. The van der Waals surface area contributed by atoms with Gasteiger partial charge in [-0.25, -0.2) is 19.9 Å². The number of nitrogens with zero attached hydrogens (tertiary/aromatic N) is 4. The average Bonchev–Trinajstić information content (AvgIpc) is 2.35. The van der Waals surface area contributed by atoms with Crippen LogP contribution in [-0.4, -0.2) is 19.9 Å². The summed E-state index contributed by atoms with van der Waals surface area (Å²) in [6, 6.07) is 1.78. The van der Waals surface area contributed by atoms with E-state index in [2.05, 4.69) is 19.9 Å². The Morgan fingerprint density at radius 2 is 1.83 bits per heavy atom. The molecule has 0 fully saturated rings. The van der Waals surface area contributed by atoms with Crippen LogP contribution in [0.2, 0.25) is 5.15 Å². The zero-order valence-corrected chi connectivity index (χ0v) is 12.0. The molecule has 0 bridgehead atoms. The Labute approximate surface area is 115 Å². The fourth-order valence-corrected chi connectivity index (χ4v) is 2.29. The van der Waals surface area contributed by atoms with Gasteiger partial charge in [0.2, 0.25) is 0 Å². The lowest BCUT2D eigenvalue weighted by molar-refractivity contribution is 0.746. The van der Waals surface area contributed by atoms with E-state index >= 15 is 0 Å². The first-order valence-corrected chi connectivity index (χ1v) is 6.76. The average molecular weight is 281 g/mol. The van der Waals surface area contributed by atoms with Gasteiger partial charge in [0.05, 0.1) is 0 Å². The summed E-state index contributed by atoms with van der Waals surface area (Å²) in [7, 11) is 0. The molecule has 94 valence electrons. The monoisotopic (exact) mass is 280 g/mol. The summed E-state index contributed by atoms with van der Waals surface area (Å²) in [5.74, 6) is 0.975. The molecular weight excluding hydrogens is 268 g/mol. The maximum atomic E-state index is 6.12. The van der Waals surface area contributed by atoms with E-state index < -0.39 is 0 Å². The van der Waals surface area contributed by atoms with Gasteiger partial charge in [-0.15, -0.1) is 0 Å². The van der Waals surface area contributed by atoms with Gasteiger partial charge in [0.25, 0.3) is 0 Å². The normalized spacial score (nSPS) is 10.9. The summed E-state index contributed by atoms with van der Waals surface area (Å²) in [4.78, 5) is 17.1. The van der Waals surface area contributed by atoms with Gasteiger partial charge in [-0.05, 0) is 24.8 Å². The molecule has 0 radical (unpaired) electrons. The van der Waals surface area contributed by atoms with E-state index in [0.29, 0.717) is 10.3 Å². The Morgan fingerprint density at radius 3 is 2.44 bits per heavy atom. The third kappa shape index (κ3) is 2.97. The smallest absolute Gasteiger partial charge is 0.193 e. The van der Waals surface area contributed by atoms with Gasteiger partial charge >= 0.3 is 0 Å². The topological polar surface area (TPSA) is 51.6 Å². The molecule has 6 heteroatoms. The Balaban J connectivity index is 2.38. The van der Waals surface area contributed by atoms with Crippen LogP contribution in [0.5, 0.6) is 0 Å².